The zero-order valence-electron chi connectivity index (χ0n) is 9.69. The predicted octanol–water partition coefficient (Wildman–Crippen LogP) is 2.62. The SMILES string of the molecule is c1cc(-c2cnc(CCCNC3CC3)o2)co1. The fourth-order valence-electron chi connectivity index (χ4n) is 1.80. The maximum Gasteiger partial charge on any atom is 0.194 e. The second kappa shape index (κ2) is 4.75. The van der Waals surface area contributed by atoms with Crippen molar-refractivity contribution in [3.8, 4) is 11.3 Å². The van der Waals surface area contributed by atoms with Crippen molar-refractivity contribution >= 4 is 0 Å². The van der Waals surface area contributed by atoms with E-state index >= 15 is 0 Å². The van der Waals surface area contributed by atoms with E-state index in [2.05, 4.69) is 10.3 Å². The molecule has 1 fully saturated rings. The molecule has 2 aromatic rings. The van der Waals surface area contributed by atoms with Gasteiger partial charge < -0.3 is 14.2 Å². The lowest BCUT2D eigenvalue weighted by Gasteiger charge is -1.99. The molecule has 4 heteroatoms. The second-order valence-electron chi connectivity index (χ2n) is 4.46. The third-order valence-electron chi connectivity index (χ3n) is 2.94. The molecule has 90 valence electrons. The van der Waals surface area contributed by atoms with Gasteiger partial charge in [0, 0.05) is 12.5 Å². The standard InChI is InChI=1S/C13H16N2O2/c1(6-14-11-3-4-11)2-13-15-8-12(17-13)10-5-7-16-9-10/h5,7-9,11,14H,1-4,6H2. The van der Waals surface area contributed by atoms with Crippen molar-refractivity contribution < 1.29 is 8.83 Å². The average Bonchev–Trinajstić information content (AvgIpc) is 2.84. The summed E-state index contributed by atoms with van der Waals surface area (Å²) >= 11 is 0. The van der Waals surface area contributed by atoms with Gasteiger partial charge in [-0.25, -0.2) is 4.98 Å². The number of aromatic nitrogens is 1. The summed E-state index contributed by atoms with van der Waals surface area (Å²) in [7, 11) is 0. The molecule has 0 spiro atoms. The summed E-state index contributed by atoms with van der Waals surface area (Å²) in [4.78, 5) is 4.27. The van der Waals surface area contributed by atoms with Crippen molar-refractivity contribution in [1.29, 1.82) is 0 Å². The van der Waals surface area contributed by atoms with E-state index in [0.717, 1.165) is 42.6 Å². The zero-order valence-corrected chi connectivity index (χ0v) is 9.69. The molecule has 0 radical (unpaired) electrons. The van der Waals surface area contributed by atoms with Crippen LogP contribution in [0.5, 0.6) is 0 Å². The monoisotopic (exact) mass is 232 g/mol. The first-order valence-electron chi connectivity index (χ1n) is 6.12. The topological polar surface area (TPSA) is 51.2 Å². The number of furan rings is 1. The van der Waals surface area contributed by atoms with Gasteiger partial charge in [-0.05, 0) is 31.9 Å². The number of nitrogens with zero attached hydrogens (tertiary/aromatic N) is 1. The van der Waals surface area contributed by atoms with Crippen LogP contribution >= 0.6 is 0 Å². The Morgan fingerprint density at radius 1 is 1.41 bits per heavy atom. The Labute approximate surface area is 100 Å². The number of nitrogens with one attached hydrogen (secondary N) is 1. The number of aryl methyl sites for hydroxylation is 1. The van der Waals surface area contributed by atoms with Crippen LogP contribution in [-0.4, -0.2) is 17.6 Å². The zero-order chi connectivity index (χ0) is 11.5. The van der Waals surface area contributed by atoms with E-state index in [1.165, 1.54) is 12.8 Å². The van der Waals surface area contributed by atoms with E-state index in [0.29, 0.717) is 0 Å². The highest BCUT2D eigenvalue weighted by Gasteiger charge is 2.19. The van der Waals surface area contributed by atoms with Gasteiger partial charge in [-0.15, -0.1) is 0 Å². The molecule has 1 N–H and O–H groups in total. The molecule has 4 nitrogen and oxygen atoms in total. The Morgan fingerprint density at radius 3 is 3.12 bits per heavy atom. The van der Waals surface area contributed by atoms with Crippen LogP contribution in [-0.2, 0) is 6.42 Å². The summed E-state index contributed by atoms with van der Waals surface area (Å²) in [6.07, 6.45) is 9.69. The molecule has 0 aliphatic heterocycles. The Bertz CT molecular complexity index is 457. The van der Waals surface area contributed by atoms with Gasteiger partial charge in [0.2, 0.25) is 0 Å². The molecule has 1 aliphatic carbocycles. The van der Waals surface area contributed by atoms with Gasteiger partial charge in [-0.1, -0.05) is 0 Å². The molecule has 2 aromatic heterocycles. The number of rotatable bonds is 6. The Morgan fingerprint density at radius 2 is 2.35 bits per heavy atom. The number of hydrogen-bond donors (Lipinski definition) is 1. The maximum atomic E-state index is 5.65. The molecular formula is C13H16N2O2. The first-order valence-corrected chi connectivity index (χ1v) is 6.12. The van der Waals surface area contributed by atoms with Gasteiger partial charge in [0.15, 0.2) is 11.7 Å². The van der Waals surface area contributed by atoms with Crippen LogP contribution in [0, 0.1) is 0 Å². The molecule has 0 atom stereocenters. The van der Waals surface area contributed by atoms with Crippen molar-refractivity contribution in [2.45, 2.75) is 31.7 Å². The summed E-state index contributed by atoms with van der Waals surface area (Å²) < 4.78 is 10.7. The largest absolute Gasteiger partial charge is 0.472 e. The summed E-state index contributed by atoms with van der Waals surface area (Å²) in [5.41, 5.74) is 0.944. The maximum absolute atomic E-state index is 5.65. The van der Waals surface area contributed by atoms with E-state index < -0.39 is 0 Å². The first kappa shape index (κ1) is 10.6. The molecule has 0 aromatic carbocycles. The van der Waals surface area contributed by atoms with E-state index in [1.807, 2.05) is 6.07 Å². The van der Waals surface area contributed by atoms with Gasteiger partial charge in [0.1, 0.15) is 6.26 Å². The number of oxazole rings is 1. The van der Waals surface area contributed by atoms with Crippen molar-refractivity contribution in [3.05, 3.63) is 30.7 Å². The van der Waals surface area contributed by atoms with Crippen molar-refractivity contribution in [3.63, 3.8) is 0 Å². The van der Waals surface area contributed by atoms with Gasteiger partial charge in [0.05, 0.1) is 18.0 Å². The molecule has 0 bridgehead atoms. The summed E-state index contributed by atoms with van der Waals surface area (Å²) in [6, 6.07) is 2.65. The lowest BCUT2D eigenvalue weighted by molar-refractivity contribution is 0.490. The summed E-state index contributed by atoms with van der Waals surface area (Å²) in [6.45, 7) is 1.05. The van der Waals surface area contributed by atoms with Crippen LogP contribution in [0.25, 0.3) is 11.3 Å². The molecule has 17 heavy (non-hydrogen) atoms. The van der Waals surface area contributed by atoms with Crippen LogP contribution in [0.3, 0.4) is 0 Å². The van der Waals surface area contributed by atoms with Crippen LogP contribution in [0.1, 0.15) is 25.2 Å². The minimum Gasteiger partial charge on any atom is -0.472 e. The van der Waals surface area contributed by atoms with Crippen LogP contribution in [0.4, 0.5) is 0 Å². The molecule has 2 heterocycles. The smallest absolute Gasteiger partial charge is 0.194 e. The lowest BCUT2D eigenvalue weighted by Crippen LogP contribution is -2.17. The molecule has 1 aliphatic rings. The van der Waals surface area contributed by atoms with Gasteiger partial charge in [-0.3, -0.25) is 0 Å². The van der Waals surface area contributed by atoms with Gasteiger partial charge >= 0.3 is 0 Å². The third-order valence-corrected chi connectivity index (χ3v) is 2.94. The van der Waals surface area contributed by atoms with Crippen molar-refractivity contribution in [2.24, 2.45) is 0 Å². The molecular weight excluding hydrogens is 216 g/mol. The minimum atomic E-state index is 0.779. The molecule has 0 amide bonds. The highest BCUT2D eigenvalue weighted by atomic mass is 16.4. The van der Waals surface area contributed by atoms with Crippen LogP contribution in [0.2, 0.25) is 0 Å². The van der Waals surface area contributed by atoms with Crippen LogP contribution in [0.15, 0.2) is 33.6 Å². The highest BCUT2D eigenvalue weighted by molar-refractivity contribution is 5.53. The van der Waals surface area contributed by atoms with Crippen LogP contribution < -0.4 is 5.32 Å². The fraction of sp³-hybridized carbons (Fsp3) is 0.462. The fourth-order valence-corrected chi connectivity index (χ4v) is 1.80. The summed E-state index contributed by atoms with van der Waals surface area (Å²) in [5.74, 6) is 1.59. The van der Waals surface area contributed by atoms with Crippen molar-refractivity contribution in [1.82, 2.24) is 10.3 Å². The Kier molecular flexibility index (Phi) is 2.96. The quantitative estimate of drug-likeness (QED) is 0.778. The Hall–Kier alpha value is -1.55. The average molecular weight is 232 g/mol. The predicted molar refractivity (Wildman–Crippen MR) is 63.6 cm³/mol. The Balaban J connectivity index is 1.50. The normalized spacial score (nSPS) is 15.3. The van der Waals surface area contributed by atoms with E-state index in [4.69, 9.17) is 8.83 Å². The molecule has 0 saturated heterocycles. The van der Waals surface area contributed by atoms with Gasteiger partial charge in [-0.2, -0.15) is 0 Å². The van der Waals surface area contributed by atoms with E-state index in [1.54, 1.807) is 18.7 Å². The summed E-state index contributed by atoms with van der Waals surface area (Å²) in [5, 5.41) is 3.48. The molecule has 0 unspecified atom stereocenters. The highest BCUT2D eigenvalue weighted by Crippen LogP contribution is 2.21. The number of hydrogen-bond acceptors (Lipinski definition) is 4. The molecule has 3 rings (SSSR count). The van der Waals surface area contributed by atoms with E-state index in [9.17, 15) is 0 Å². The first-order chi connectivity index (χ1) is 8.42. The van der Waals surface area contributed by atoms with E-state index in [-0.39, 0.29) is 0 Å². The molecule has 1 saturated carbocycles. The van der Waals surface area contributed by atoms with Crippen molar-refractivity contribution in [2.75, 3.05) is 6.54 Å². The minimum absolute atomic E-state index is 0.779. The third kappa shape index (κ3) is 2.77. The van der Waals surface area contributed by atoms with Gasteiger partial charge in [0.25, 0.3) is 0 Å². The second-order valence-corrected chi connectivity index (χ2v) is 4.46. The lowest BCUT2D eigenvalue weighted by atomic mass is 10.3.